The average Bonchev–Trinajstić information content (AvgIpc) is 3.15. The van der Waals surface area contributed by atoms with Crippen molar-refractivity contribution >= 4 is 17.2 Å². The Hall–Kier alpha value is -2.46. The van der Waals surface area contributed by atoms with Crippen molar-refractivity contribution in [3.63, 3.8) is 0 Å². The highest BCUT2D eigenvalue weighted by molar-refractivity contribution is 7.13. The van der Waals surface area contributed by atoms with Crippen molar-refractivity contribution < 1.29 is 4.79 Å². The van der Waals surface area contributed by atoms with Crippen molar-refractivity contribution in [3.8, 4) is 10.6 Å². The molecule has 0 atom stereocenters. The van der Waals surface area contributed by atoms with E-state index in [-0.39, 0.29) is 5.91 Å². The lowest BCUT2D eigenvalue weighted by atomic mass is 10.1. The molecule has 0 radical (unpaired) electrons. The third-order valence-electron chi connectivity index (χ3n) is 3.67. The molecule has 0 aliphatic rings. The summed E-state index contributed by atoms with van der Waals surface area (Å²) in [5, 5.41) is 2.88. The van der Waals surface area contributed by atoms with Crippen LogP contribution in [0, 0.1) is 0 Å². The largest absolute Gasteiger partial charge is 0.335 e. The first kappa shape index (κ1) is 15.4. The Labute approximate surface area is 140 Å². The third-order valence-corrected chi connectivity index (χ3v) is 4.50. The van der Waals surface area contributed by atoms with Crippen LogP contribution in [-0.4, -0.2) is 22.3 Å². The Bertz CT molecular complexity index is 769. The van der Waals surface area contributed by atoms with Gasteiger partial charge in [-0.15, -0.1) is 11.3 Å². The minimum absolute atomic E-state index is 0.0507. The summed E-state index contributed by atoms with van der Waals surface area (Å²) in [7, 11) is 0. The SMILES string of the molecule is CCN(Cc1ccccc1)C(=O)c1cccc(-c2nccs2)c1. The quantitative estimate of drug-likeness (QED) is 0.694. The third kappa shape index (κ3) is 3.66. The van der Waals surface area contributed by atoms with E-state index in [1.165, 1.54) is 0 Å². The number of hydrogen-bond donors (Lipinski definition) is 0. The Morgan fingerprint density at radius 1 is 1.13 bits per heavy atom. The second-order valence-corrected chi connectivity index (χ2v) is 6.12. The van der Waals surface area contributed by atoms with E-state index in [2.05, 4.69) is 4.98 Å². The fourth-order valence-corrected chi connectivity index (χ4v) is 3.10. The van der Waals surface area contributed by atoms with Gasteiger partial charge in [0.2, 0.25) is 0 Å². The number of carbonyl (C=O) groups excluding carboxylic acids is 1. The van der Waals surface area contributed by atoms with Gasteiger partial charge in [-0.2, -0.15) is 0 Å². The first-order chi connectivity index (χ1) is 11.3. The fourth-order valence-electron chi connectivity index (χ4n) is 2.46. The molecular weight excluding hydrogens is 304 g/mol. The van der Waals surface area contributed by atoms with Crippen molar-refractivity contribution in [2.75, 3.05) is 6.54 Å². The van der Waals surface area contributed by atoms with Crippen molar-refractivity contribution in [2.45, 2.75) is 13.5 Å². The molecule has 3 nitrogen and oxygen atoms in total. The molecule has 2 aromatic carbocycles. The summed E-state index contributed by atoms with van der Waals surface area (Å²) in [6.07, 6.45) is 1.78. The van der Waals surface area contributed by atoms with Crippen molar-refractivity contribution in [2.24, 2.45) is 0 Å². The van der Waals surface area contributed by atoms with Gasteiger partial charge >= 0.3 is 0 Å². The van der Waals surface area contributed by atoms with Gasteiger partial charge in [-0.05, 0) is 24.6 Å². The molecule has 0 spiro atoms. The second kappa shape index (κ2) is 7.20. The van der Waals surface area contributed by atoms with Crippen LogP contribution in [0.15, 0.2) is 66.2 Å². The molecule has 3 rings (SSSR count). The molecule has 1 aromatic heterocycles. The minimum atomic E-state index is 0.0507. The number of nitrogens with zero attached hydrogens (tertiary/aromatic N) is 2. The zero-order valence-electron chi connectivity index (χ0n) is 13.0. The monoisotopic (exact) mass is 322 g/mol. The lowest BCUT2D eigenvalue weighted by Crippen LogP contribution is -2.30. The van der Waals surface area contributed by atoms with Gasteiger partial charge in [0, 0.05) is 35.8 Å². The van der Waals surface area contributed by atoms with E-state index >= 15 is 0 Å². The summed E-state index contributed by atoms with van der Waals surface area (Å²) in [6.45, 7) is 3.30. The summed E-state index contributed by atoms with van der Waals surface area (Å²) < 4.78 is 0. The molecule has 0 saturated heterocycles. The van der Waals surface area contributed by atoms with Crippen molar-refractivity contribution in [1.82, 2.24) is 9.88 Å². The molecule has 116 valence electrons. The van der Waals surface area contributed by atoms with Gasteiger partial charge in [0.25, 0.3) is 5.91 Å². The number of benzene rings is 2. The summed E-state index contributed by atoms with van der Waals surface area (Å²) in [5.41, 5.74) is 2.83. The number of rotatable bonds is 5. The van der Waals surface area contributed by atoms with E-state index in [1.54, 1.807) is 17.5 Å². The first-order valence-corrected chi connectivity index (χ1v) is 8.49. The molecule has 4 heteroatoms. The van der Waals surface area contributed by atoms with Crippen LogP contribution in [0.5, 0.6) is 0 Å². The van der Waals surface area contributed by atoms with E-state index < -0.39 is 0 Å². The van der Waals surface area contributed by atoms with Crippen LogP contribution in [0.1, 0.15) is 22.8 Å². The Morgan fingerprint density at radius 3 is 2.65 bits per heavy atom. The highest BCUT2D eigenvalue weighted by atomic mass is 32.1. The van der Waals surface area contributed by atoms with E-state index in [1.807, 2.05) is 71.8 Å². The lowest BCUT2D eigenvalue weighted by Gasteiger charge is -2.21. The second-order valence-electron chi connectivity index (χ2n) is 5.22. The summed E-state index contributed by atoms with van der Waals surface area (Å²) in [5.74, 6) is 0.0507. The Kier molecular flexibility index (Phi) is 4.83. The van der Waals surface area contributed by atoms with Crippen molar-refractivity contribution in [1.29, 1.82) is 0 Å². The number of carbonyl (C=O) groups is 1. The van der Waals surface area contributed by atoms with Crippen LogP contribution >= 0.6 is 11.3 Å². The molecule has 23 heavy (non-hydrogen) atoms. The van der Waals surface area contributed by atoms with Gasteiger partial charge < -0.3 is 4.90 Å². The minimum Gasteiger partial charge on any atom is -0.335 e. The first-order valence-electron chi connectivity index (χ1n) is 7.61. The number of amides is 1. The van der Waals surface area contributed by atoms with Gasteiger partial charge in [-0.1, -0.05) is 42.5 Å². The van der Waals surface area contributed by atoms with E-state index in [0.717, 1.165) is 16.1 Å². The summed E-state index contributed by atoms with van der Waals surface area (Å²) in [4.78, 5) is 19.0. The maximum atomic E-state index is 12.8. The van der Waals surface area contributed by atoms with Gasteiger partial charge in [0.05, 0.1) is 0 Å². The predicted molar refractivity (Wildman–Crippen MR) is 94.4 cm³/mol. The van der Waals surface area contributed by atoms with Crippen LogP contribution < -0.4 is 0 Å². The van der Waals surface area contributed by atoms with Crippen LogP contribution in [0.3, 0.4) is 0 Å². The highest BCUT2D eigenvalue weighted by Gasteiger charge is 2.15. The predicted octanol–water partition coefficient (Wildman–Crippen LogP) is 4.47. The summed E-state index contributed by atoms with van der Waals surface area (Å²) >= 11 is 1.58. The maximum absolute atomic E-state index is 12.8. The molecule has 0 unspecified atom stereocenters. The molecule has 0 fully saturated rings. The van der Waals surface area contributed by atoms with Crippen LogP contribution in [0.4, 0.5) is 0 Å². The van der Waals surface area contributed by atoms with Crippen molar-refractivity contribution in [3.05, 3.63) is 77.3 Å². The smallest absolute Gasteiger partial charge is 0.254 e. The molecule has 0 aliphatic carbocycles. The Morgan fingerprint density at radius 2 is 1.96 bits per heavy atom. The molecule has 0 aliphatic heterocycles. The lowest BCUT2D eigenvalue weighted by molar-refractivity contribution is 0.0752. The molecule has 0 N–H and O–H groups in total. The molecule has 3 aromatic rings. The number of aromatic nitrogens is 1. The number of thiazole rings is 1. The molecule has 0 bridgehead atoms. The maximum Gasteiger partial charge on any atom is 0.254 e. The molecule has 1 amide bonds. The topological polar surface area (TPSA) is 33.2 Å². The van der Waals surface area contributed by atoms with E-state index in [9.17, 15) is 4.79 Å². The van der Waals surface area contributed by atoms with Crippen LogP contribution in [-0.2, 0) is 6.54 Å². The highest BCUT2D eigenvalue weighted by Crippen LogP contribution is 2.23. The van der Waals surface area contributed by atoms with Gasteiger partial charge in [-0.25, -0.2) is 4.98 Å². The van der Waals surface area contributed by atoms with Crippen LogP contribution in [0.2, 0.25) is 0 Å². The normalized spacial score (nSPS) is 10.5. The van der Waals surface area contributed by atoms with Crippen LogP contribution in [0.25, 0.3) is 10.6 Å². The molecule has 0 saturated carbocycles. The summed E-state index contributed by atoms with van der Waals surface area (Å²) in [6, 6.07) is 17.8. The number of hydrogen-bond acceptors (Lipinski definition) is 3. The van der Waals surface area contributed by atoms with Gasteiger partial charge in [0.1, 0.15) is 5.01 Å². The zero-order valence-corrected chi connectivity index (χ0v) is 13.8. The average molecular weight is 322 g/mol. The van der Waals surface area contributed by atoms with E-state index in [0.29, 0.717) is 18.7 Å². The van der Waals surface area contributed by atoms with E-state index in [4.69, 9.17) is 0 Å². The molecular formula is C19H18N2OS. The van der Waals surface area contributed by atoms with Gasteiger partial charge in [0.15, 0.2) is 0 Å². The molecule has 1 heterocycles. The fraction of sp³-hybridized carbons (Fsp3) is 0.158. The zero-order chi connectivity index (χ0) is 16.1. The Balaban J connectivity index is 1.82. The van der Waals surface area contributed by atoms with Gasteiger partial charge in [-0.3, -0.25) is 4.79 Å². The standard InChI is InChI=1S/C19H18N2OS/c1-2-21(14-15-7-4-3-5-8-15)19(22)17-10-6-9-16(13-17)18-20-11-12-23-18/h3-13H,2,14H2,1H3.